The third kappa shape index (κ3) is 5.07. The van der Waals surface area contributed by atoms with Gasteiger partial charge in [-0.25, -0.2) is 4.79 Å². The van der Waals surface area contributed by atoms with E-state index < -0.39 is 23.6 Å². The number of hydrogen-bond donors (Lipinski definition) is 0. The fraction of sp³-hybridized carbons (Fsp3) is 0.538. The molecular weight excluding hydrogens is 273 g/mol. The Morgan fingerprint density at radius 3 is 2.30 bits per heavy atom. The van der Waals surface area contributed by atoms with Crippen LogP contribution in [0.25, 0.3) is 0 Å². The Morgan fingerprint density at radius 2 is 1.90 bits per heavy atom. The Bertz CT molecular complexity index is 464. The first-order chi connectivity index (χ1) is 8.99. The summed E-state index contributed by atoms with van der Waals surface area (Å²) >= 11 is 0. The van der Waals surface area contributed by atoms with E-state index in [1.165, 1.54) is 18.0 Å². The Balaban J connectivity index is 2.67. The highest BCUT2D eigenvalue weighted by molar-refractivity contribution is 5.67. The lowest BCUT2D eigenvalue weighted by atomic mass is 10.2. The molecule has 0 atom stereocenters. The smallest absolute Gasteiger partial charge is 0.433 e. The minimum atomic E-state index is -4.46. The molecule has 7 heteroatoms. The molecule has 1 rings (SSSR count). The van der Waals surface area contributed by atoms with E-state index in [0.717, 1.165) is 12.3 Å². The predicted octanol–water partition coefficient (Wildman–Crippen LogP) is 3.47. The van der Waals surface area contributed by atoms with Gasteiger partial charge in [0.05, 0.1) is 6.54 Å². The first-order valence-electron chi connectivity index (χ1n) is 5.95. The van der Waals surface area contributed by atoms with Crippen molar-refractivity contribution in [1.29, 1.82) is 0 Å². The van der Waals surface area contributed by atoms with Crippen molar-refractivity contribution in [1.82, 2.24) is 9.88 Å². The van der Waals surface area contributed by atoms with Gasteiger partial charge in [0.2, 0.25) is 0 Å². The number of rotatable bonds is 2. The van der Waals surface area contributed by atoms with E-state index in [-0.39, 0.29) is 6.54 Å². The summed E-state index contributed by atoms with van der Waals surface area (Å²) in [6, 6.07) is 2.18. The number of ether oxygens (including phenoxy) is 1. The van der Waals surface area contributed by atoms with E-state index in [2.05, 4.69) is 4.98 Å². The molecule has 0 aliphatic rings. The number of carbonyl (C=O) groups excluding carboxylic acids is 1. The molecule has 0 fully saturated rings. The SMILES string of the molecule is CN(Cc1ccc(C(F)(F)F)nc1)C(=O)OC(C)(C)C. The summed E-state index contributed by atoms with van der Waals surface area (Å²) in [4.78, 5) is 16.3. The normalized spacial score (nSPS) is 12.2. The van der Waals surface area contributed by atoms with Crippen molar-refractivity contribution in [3.63, 3.8) is 0 Å². The number of hydrogen-bond acceptors (Lipinski definition) is 3. The number of carbonyl (C=O) groups is 1. The average molecular weight is 290 g/mol. The predicted molar refractivity (Wildman–Crippen MR) is 66.9 cm³/mol. The Morgan fingerprint density at radius 1 is 1.30 bits per heavy atom. The fourth-order valence-corrected chi connectivity index (χ4v) is 1.36. The van der Waals surface area contributed by atoms with Gasteiger partial charge in [-0.3, -0.25) is 4.98 Å². The number of amides is 1. The molecule has 0 bridgehead atoms. The molecule has 0 saturated carbocycles. The summed E-state index contributed by atoms with van der Waals surface area (Å²) in [5.74, 6) is 0. The summed E-state index contributed by atoms with van der Waals surface area (Å²) in [6.07, 6.45) is -3.91. The van der Waals surface area contributed by atoms with Crippen LogP contribution < -0.4 is 0 Å². The molecule has 20 heavy (non-hydrogen) atoms. The first-order valence-corrected chi connectivity index (χ1v) is 5.95. The molecule has 0 spiro atoms. The third-order valence-corrected chi connectivity index (χ3v) is 2.24. The molecule has 1 heterocycles. The zero-order valence-corrected chi connectivity index (χ0v) is 11.8. The lowest BCUT2D eigenvalue weighted by Crippen LogP contribution is -2.33. The molecule has 1 aromatic rings. The quantitative estimate of drug-likeness (QED) is 0.837. The van der Waals surface area contributed by atoms with E-state index in [9.17, 15) is 18.0 Å². The number of pyridine rings is 1. The van der Waals surface area contributed by atoms with Crippen LogP contribution in [-0.4, -0.2) is 28.6 Å². The second-order valence-electron chi connectivity index (χ2n) is 5.39. The van der Waals surface area contributed by atoms with Crippen LogP contribution in [0.2, 0.25) is 0 Å². The largest absolute Gasteiger partial charge is 0.444 e. The van der Waals surface area contributed by atoms with E-state index >= 15 is 0 Å². The summed E-state index contributed by atoms with van der Waals surface area (Å²) in [6.45, 7) is 5.33. The Labute approximate surface area is 115 Å². The van der Waals surface area contributed by atoms with Crippen LogP contribution in [0.3, 0.4) is 0 Å². The highest BCUT2D eigenvalue weighted by Crippen LogP contribution is 2.27. The van der Waals surface area contributed by atoms with Crippen molar-refractivity contribution in [2.75, 3.05) is 7.05 Å². The highest BCUT2D eigenvalue weighted by atomic mass is 19.4. The van der Waals surface area contributed by atoms with Gasteiger partial charge in [-0.05, 0) is 32.4 Å². The summed E-state index contributed by atoms with van der Waals surface area (Å²) in [5.41, 5.74) is -1.09. The number of nitrogens with zero attached hydrogens (tertiary/aromatic N) is 2. The fourth-order valence-electron chi connectivity index (χ4n) is 1.36. The number of alkyl halides is 3. The van der Waals surface area contributed by atoms with Crippen LogP contribution in [0.4, 0.5) is 18.0 Å². The van der Waals surface area contributed by atoms with Crippen LogP contribution in [0.1, 0.15) is 32.0 Å². The van der Waals surface area contributed by atoms with Crippen molar-refractivity contribution in [2.24, 2.45) is 0 Å². The van der Waals surface area contributed by atoms with Crippen LogP contribution in [0, 0.1) is 0 Å². The van der Waals surface area contributed by atoms with Gasteiger partial charge in [-0.1, -0.05) is 6.07 Å². The van der Waals surface area contributed by atoms with E-state index in [0.29, 0.717) is 5.56 Å². The molecule has 0 aromatic carbocycles. The van der Waals surface area contributed by atoms with Crippen molar-refractivity contribution in [2.45, 2.75) is 39.1 Å². The molecule has 0 N–H and O–H groups in total. The molecular formula is C13H17F3N2O2. The van der Waals surface area contributed by atoms with Gasteiger partial charge in [0.15, 0.2) is 0 Å². The van der Waals surface area contributed by atoms with Crippen LogP contribution in [-0.2, 0) is 17.5 Å². The molecule has 0 saturated heterocycles. The van der Waals surface area contributed by atoms with Gasteiger partial charge in [-0.15, -0.1) is 0 Å². The van der Waals surface area contributed by atoms with E-state index in [1.807, 2.05) is 0 Å². The van der Waals surface area contributed by atoms with Gasteiger partial charge < -0.3 is 9.64 Å². The van der Waals surface area contributed by atoms with Crippen molar-refractivity contribution in [3.8, 4) is 0 Å². The molecule has 112 valence electrons. The summed E-state index contributed by atoms with van der Waals surface area (Å²) < 4.78 is 42.2. The molecule has 0 aliphatic carbocycles. The second-order valence-corrected chi connectivity index (χ2v) is 5.39. The molecule has 0 aliphatic heterocycles. The van der Waals surface area contributed by atoms with Crippen molar-refractivity contribution >= 4 is 6.09 Å². The van der Waals surface area contributed by atoms with Gasteiger partial charge in [0.25, 0.3) is 0 Å². The maximum atomic E-state index is 12.3. The average Bonchev–Trinajstić information content (AvgIpc) is 2.26. The Kier molecular flexibility index (Phi) is 4.62. The van der Waals surface area contributed by atoms with E-state index in [4.69, 9.17) is 4.74 Å². The molecule has 0 unspecified atom stereocenters. The third-order valence-electron chi connectivity index (χ3n) is 2.24. The standard InChI is InChI=1S/C13H17F3N2O2/c1-12(2,3)20-11(19)18(4)8-9-5-6-10(17-7-9)13(14,15)16/h5-7H,8H2,1-4H3. The minimum absolute atomic E-state index is 0.125. The maximum Gasteiger partial charge on any atom is 0.433 e. The van der Waals surface area contributed by atoms with Crippen LogP contribution in [0.5, 0.6) is 0 Å². The minimum Gasteiger partial charge on any atom is -0.444 e. The highest BCUT2D eigenvalue weighted by Gasteiger charge is 2.32. The Hall–Kier alpha value is -1.79. The number of aromatic nitrogens is 1. The lowest BCUT2D eigenvalue weighted by Gasteiger charge is -2.24. The summed E-state index contributed by atoms with van der Waals surface area (Å²) in [7, 11) is 1.51. The molecule has 4 nitrogen and oxygen atoms in total. The zero-order chi connectivity index (χ0) is 15.6. The van der Waals surface area contributed by atoms with E-state index in [1.54, 1.807) is 20.8 Å². The van der Waals surface area contributed by atoms with Gasteiger partial charge >= 0.3 is 12.3 Å². The number of halogens is 3. The van der Waals surface area contributed by atoms with Gasteiger partial charge in [-0.2, -0.15) is 13.2 Å². The van der Waals surface area contributed by atoms with Crippen LogP contribution in [0.15, 0.2) is 18.3 Å². The van der Waals surface area contributed by atoms with Crippen molar-refractivity contribution in [3.05, 3.63) is 29.6 Å². The molecule has 1 amide bonds. The maximum absolute atomic E-state index is 12.3. The first kappa shape index (κ1) is 16.3. The second kappa shape index (κ2) is 5.68. The monoisotopic (exact) mass is 290 g/mol. The van der Waals surface area contributed by atoms with Crippen molar-refractivity contribution < 1.29 is 22.7 Å². The zero-order valence-electron chi connectivity index (χ0n) is 11.8. The van der Waals surface area contributed by atoms with Gasteiger partial charge in [0, 0.05) is 13.2 Å². The van der Waals surface area contributed by atoms with Crippen LogP contribution >= 0.6 is 0 Å². The van der Waals surface area contributed by atoms with Gasteiger partial charge in [0.1, 0.15) is 11.3 Å². The molecule has 1 aromatic heterocycles. The molecule has 0 radical (unpaired) electrons. The lowest BCUT2D eigenvalue weighted by molar-refractivity contribution is -0.141. The topological polar surface area (TPSA) is 42.4 Å². The summed E-state index contributed by atoms with van der Waals surface area (Å²) in [5, 5.41) is 0.